The lowest BCUT2D eigenvalue weighted by Gasteiger charge is -2.19. The molecular weight excluding hydrogens is 324 g/mol. The summed E-state index contributed by atoms with van der Waals surface area (Å²) in [4.78, 5) is 12.2. The van der Waals surface area contributed by atoms with Crippen LogP contribution in [0.1, 0.15) is 28.8 Å². The van der Waals surface area contributed by atoms with E-state index in [1.165, 1.54) is 16.4 Å². The summed E-state index contributed by atoms with van der Waals surface area (Å²) in [6.07, 6.45) is 2.76. The van der Waals surface area contributed by atoms with E-state index in [0.717, 1.165) is 30.5 Å². The Bertz CT molecular complexity index is 887. The molecule has 2 aliphatic rings. The van der Waals surface area contributed by atoms with E-state index in [0.29, 0.717) is 12.1 Å². The lowest BCUT2D eigenvalue weighted by atomic mass is 10.2. The van der Waals surface area contributed by atoms with Crippen LogP contribution >= 0.6 is 0 Å². The van der Waals surface area contributed by atoms with Gasteiger partial charge in [0.2, 0.25) is 0 Å². The van der Waals surface area contributed by atoms with Gasteiger partial charge < -0.3 is 5.32 Å². The van der Waals surface area contributed by atoms with Crippen LogP contribution < -0.4 is 9.62 Å². The molecule has 0 spiro atoms. The van der Waals surface area contributed by atoms with Gasteiger partial charge in [-0.15, -0.1) is 0 Å². The lowest BCUT2D eigenvalue weighted by molar-refractivity contribution is 0.0951. The third kappa shape index (κ3) is 2.67. The van der Waals surface area contributed by atoms with Crippen molar-refractivity contribution in [1.29, 1.82) is 0 Å². The summed E-state index contributed by atoms with van der Waals surface area (Å²) in [7, 11) is -3.60. The zero-order valence-corrected chi connectivity index (χ0v) is 13.9. The molecule has 1 fully saturated rings. The summed E-state index contributed by atoms with van der Waals surface area (Å²) in [6.45, 7) is 0.450. The minimum atomic E-state index is -3.60. The largest absolute Gasteiger partial charge is 0.349 e. The van der Waals surface area contributed by atoms with E-state index >= 15 is 0 Å². The number of amides is 1. The summed E-state index contributed by atoms with van der Waals surface area (Å²) < 4.78 is 27.2. The molecule has 0 saturated heterocycles. The van der Waals surface area contributed by atoms with E-state index < -0.39 is 10.0 Å². The van der Waals surface area contributed by atoms with E-state index in [2.05, 4.69) is 5.32 Å². The molecule has 4 rings (SSSR count). The Labute approximate surface area is 141 Å². The molecule has 2 aromatic rings. The fourth-order valence-electron chi connectivity index (χ4n) is 2.96. The monoisotopic (exact) mass is 342 g/mol. The van der Waals surface area contributed by atoms with E-state index in [9.17, 15) is 13.2 Å². The zero-order chi connectivity index (χ0) is 16.7. The van der Waals surface area contributed by atoms with Crippen molar-refractivity contribution in [2.45, 2.75) is 30.2 Å². The maximum atomic E-state index is 12.9. The molecule has 0 atom stereocenters. The summed E-state index contributed by atoms with van der Waals surface area (Å²) >= 11 is 0. The second-order valence-corrected chi connectivity index (χ2v) is 8.09. The highest BCUT2D eigenvalue weighted by Crippen LogP contribution is 2.32. The second-order valence-electron chi connectivity index (χ2n) is 6.23. The van der Waals surface area contributed by atoms with Crippen LogP contribution in [0.5, 0.6) is 0 Å². The van der Waals surface area contributed by atoms with Crippen LogP contribution in [0, 0.1) is 0 Å². The normalized spacial score (nSPS) is 16.8. The molecule has 0 unspecified atom stereocenters. The predicted octanol–water partition coefficient (Wildman–Crippen LogP) is 2.33. The number of fused-ring (bicyclic) bond motifs is 1. The van der Waals surface area contributed by atoms with Crippen LogP contribution in [-0.4, -0.2) is 26.9 Å². The summed E-state index contributed by atoms with van der Waals surface area (Å²) in [5, 5.41) is 2.90. The quantitative estimate of drug-likeness (QED) is 0.927. The van der Waals surface area contributed by atoms with Crippen molar-refractivity contribution in [3.63, 3.8) is 0 Å². The van der Waals surface area contributed by atoms with Crippen LogP contribution in [-0.2, 0) is 16.4 Å². The Morgan fingerprint density at radius 1 is 1.04 bits per heavy atom. The number of sulfonamides is 1. The second kappa shape index (κ2) is 5.63. The molecule has 24 heavy (non-hydrogen) atoms. The number of para-hydroxylation sites is 1. The van der Waals surface area contributed by atoms with Gasteiger partial charge >= 0.3 is 0 Å². The smallest absolute Gasteiger partial charge is 0.264 e. The van der Waals surface area contributed by atoms with Gasteiger partial charge in [-0.3, -0.25) is 9.10 Å². The molecule has 1 amide bonds. The van der Waals surface area contributed by atoms with Crippen molar-refractivity contribution in [2.24, 2.45) is 0 Å². The summed E-state index contributed by atoms with van der Waals surface area (Å²) in [6, 6.07) is 14.0. The summed E-state index contributed by atoms with van der Waals surface area (Å²) in [5.74, 6) is -0.145. The molecule has 1 aliphatic carbocycles. The Kier molecular flexibility index (Phi) is 3.57. The molecule has 6 heteroatoms. The van der Waals surface area contributed by atoms with Gasteiger partial charge in [-0.2, -0.15) is 0 Å². The Morgan fingerprint density at radius 3 is 2.46 bits per heavy atom. The average molecular weight is 342 g/mol. The van der Waals surface area contributed by atoms with Gasteiger partial charge in [0.1, 0.15) is 0 Å². The first-order valence-corrected chi connectivity index (χ1v) is 9.51. The third-order valence-electron chi connectivity index (χ3n) is 4.46. The van der Waals surface area contributed by atoms with Crippen molar-refractivity contribution in [3.05, 3.63) is 59.7 Å². The molecule has 0 aromatic heterocycles. The van der Waals surface area contributed by atoms with Crippen molar-refractivity contribution < 1.29 is 13.2 Å². The molecule has 1 heterocycles. The highest BCUT2D eigenvalue weighted by atomic mass is 32.2. The molecule has 1 saturated carbocycles. The first-order chi connectivity index (χ1) is 11.6. The maximum absolute atomic E-state index is 12.9. The van der Waals surface area contributed by atoms with Gasteiger partial charge in [0.15, 0.2) is 0 Å². The van der Waals surface area contributed by atoms with Gasteiger partial charge in [0.05, 0.1) is 10.6 Å². The predicted molar refractivity (Wildman–Crippen MR) is 91.6 cm³/mol. The van der Waals surface area contributed by atoms with Crippen molar-refractivity contribution in [3.8, 4) is 0 Å². The number of nitrogens with one attached hydrogen (secondary N) is 1. The molecule has 1 N–H and O–H groups in total. The molecule has 5 nitrogen and oxygen atoms in total. The van der Waals surface area contributed by atoms with Gasteiger partial charge in [0.25, 0.3) is 15.9 Å². The molecule has 2 aromatic carbocycles. The van der Waals surface area contributed by atoms with Gasteiger partial charge in [-0.05, 0) is 55.2 Å². The van der Waals surface area contributed by atoms with Crippen molar-refractivity contribution >= 4 is 21.6 Å². The summed E-state index contributed by atoms with van der Waals surface area (Å²) in [5.41, 5.74) is 2.28. The van der Waals surface area contributed by atoms with Crippen LogP contribution in [0.15, 0.2) is 53.4 Å². The number of benzene rings is 2. The van der Waals surface area contributed by atoms with E-state index in [1.807, 2.05) is 24.3 Å². The minimum absolute atomic E-state index is 0.145. The Hall–Kier alpha value is -2.34. The number of carbonyl (C=O) groups excluding carboxylic acids is 1. The maximum Gasteiger partial charge on any atom is 0.264 e. The average Bonchev–Trinajstić information content (AvgIpc) is 3.29. The molecule has 0 radical (unpaired) electrons. The number of anilines is 1. The van der Waals surface area contributed by atoms with Gasteiger partial charge in [-0.25, -0.2) is 8.42 Å². The van der Waals surface area contributed by atoms with Crippen molar-refractivity contribution in [2.75, 3.05) is 10.8 Å². The first kappa shape index (κ1) is 15.2. The first-order valence-electron chi connectivity index (χ1n) is 8.07. The molecule has 1 aliphatic heterocycles. The molecule has 0 bridgehead atoms. The fourth-order valence-corrected chi connectivity index (χ4v) is 4.46. The van der Waals surface area contributed by atoms with E-state index in [4.69, 9.17) is 0 Å². The number of rotatable bonds is 4. The topological polar surface area (TPSA) is 66.5 Å². The minimum Gasteiger partial charge on any atom is -0.349 e. The lowest BCUT2D eigenvalue weighted by Crippen LogP contribution is -2.29. The van der Waals surface area contributed by atoms with Gasteiger partial charge in [0, 0.05) is 18.2 Å². The van der Waals surface area contributed by atoms with Crippen LogP contribution in [0.4, 0.5) is 5.69 Å². The molecular formula is C18H18N2O3S. The van der Waals surface area contributed by atoms with Crippen LogP contribution in [0.25, 0.3) is 0 Å². The highest BCUT2D eigenvalue weighted by Gasteiger charge is 2.30. The molecule has 124 valence electrons. The standard InChI is InChI=1S/C18H18N2O3S/c21-18(19-15-7-8-15)14-5-9-16(10-6-14)24(22,23)20-12-11-13-3-1-2-4-17(13)20/h1-6,9-10,15H,7-8,11-12H2,(H,19,21). The SMILES string of the molecule is O=C(NC1CC1)c1ccc(S(=O)(=O)N2CCc3ccccc32)cc1. The zero-order valence-electron chi connectivity index (χ0n) is 13.1. The Balaban J connectivity index is 1.60. The number of hydrogen-bond donors (Lipinski definition) is 1. The number of carbonyl (C=O) groups is 1. The van der Waals surface area contributed by atoms with Crippen LogP contribution in [0.2, 0.25) is 0 Å². The number of hydrogen-bond acceptors (Lipinski definition) is 3. The van der Waals surface area contributed by atoms with Crippen LogP contribution in [0.3, 0.4) is 0 Å². The van der Waals surface area contributed by atoms with Crippen molar-refractivity contribution in [1.82, 2.24) is 5.32 Å². The third-order valence-corrected chi connectivity index (χ3v) is 6.29. The van der Waals surface area contributed by atoms with Gasteiger partial charge in [-0.1, -0.05) is 18.2 Å². The number of nitrogens with zero attached hydrogens (tertiary/aromatic N) is 1. The fraction of sp³-hybridized carbons (Fsp3) is 0.278. The van der Waals surface area contributed by atoms with E-state index in [1.54, 1.807) is 12.1 Å². The van der Waals surface area contributed by atoms with E-state index in [-0.39, 0.29) is 16.8 Å². The highest BCUT2D eigenvalue weighted by molar-refractivity contribution is 7.92. The Morgan fingerprint density at radius 2 is 1.75 bits per heavy atom.